The Morgan fingerprint density at radius 2 is 2.45 bits per heavy atom. The maximum absolute atomic E-state index is 5.87. The first-order valence-corrected chi connectivity index (χ1v) is 7.99. The van der Waals surface area contributed by atoms with E-state index < -0.39 is 0 Å². The summed E-state index contributed by atoms with van der Waals surface area (Å²) >= 11 is 1.83. The monoisotopic (exact) mass is 292 g/mol. The van der Waals surface area contributed by atoms with E-state index in [-0.39, 0.29) is 6.10 Å². The lowest BCUT2D eigenvalue weighted by Gasteiger charge is -2.32. The van der Waals surface area contributed by atoms with Crippen LogP contribution in [0.1, 0.15) is 23.7 Å². The number of hydrogen-bond acceptors (Lipinski definition) is 5. The van der Waals surface area contributed by atoms with Crippen LogP contribution < -0.4 is 0 Å². The number of nitrogens with zero attached hydrogens (tertiary/aromatic N) is 4. The van der Waals surface area contributed by atoms with E-state index in [9.17, 15) is 0 Å². The first-order chi connectivity index (χ1) is 9.86. The highest BCUT2D eigenvalue weighted by molar-refractivity contribution is 7.09. The molecular weight excluding hydrogens is 272 g/mol. The molecule has 1 saturated heterocycles. The highest BCUT2D eigenvalue weighted by Crippen LogP contribution is 2.21. The first-order valence-electron chi connectivity index (χ1n) is 7.11. The summed E-state index contributed by atoms with van der Waals surface area (Å²) in [6.45, 7) is 6.75. The van der Waals surface area contributed by atoms with Crippen molar-refractivity contribution in [1.29, 1.82) is 0 Å². The molecule has 0 unspecified atom stereocenters. The SMILES string of the molecule is CCn1cnnc1[C@H]1CN(CCc2cccs2)CCO1. The van der Waals surface area contributed by atoms with Gasteiger partial charge in [-0.1, -0.05) is 6.07 Å². The third-order valence-corrected chi connectivity index (χ3v) is 4.62. The molecule has 0 radical (unpaired) electrons. The van der Waals surface area contributed by atoms with Gasteiger partial charge in [-0.3, -0.25) is 4.90 Å². The Kier molecular flexibility index (Phi) is 4.44. The van der Waals surface area contributed by atoms with Gasteiger partial charge < -0.3 is 9.30 Å². The lowest BCUT2D eigenvalue weighted by atomic mass is 10.2. The average molecular weight is 292 g/mol. The van der Waals surface area contributed by atoms with Gasteiger partial charge in [0, 0.05) is 31.1 Å². The summed E-state index contributed by atoms with van der Waals surface area (Å²) in [5.74, 6) is 0.952. The van der Waals surface area contributed by atoms with Gasteiger partial charge in [-0.15, -0.1) is 21.5 Å². The number of morpholine rings is 1. The Hall–Kier alpha value is -1.24. The van der Waals surface area contributed by atoms with E-state index in [0.717, 1.165) is 45.0 Å². The van der Waals surface area contributed by atoms with Crippen LogP contribution in [0.15, 0.2) is 23.8 Å². The van der Waals surface area contributed by atoms with Crippen LogP contribution in [0.4, 0.5) is 0 Å². The molecule has 0 bridgehead atoms. The molecule has 3 heterocycles. The lowest BCUT2D eigenvalue weighted by molar-refractivity contribution is -0.0355. The maximum atomic E-state index is 5.87. The minimum atomic E-state index is 0.0505. The largest absolute Gasteiger partial charge is 0.368 e. The predicted octanol–water partition coefficient (Wildman–Crippen LogP) is 1.98. The van der Waals surface area contributed by atoms with E-state index in [4.69, 9.17) is 4.74 Å². The second kappa shape index (κ2) is 6.47. The molecule has 0 spiro atoms. The Morgan fingerprint density at radius 3 is 3.25 bits per heavy atom. The van der Waals surface area contributed by atoms with Crippen LogP contribution in [-0.4, -0.2) is 45.9 Å². The second-order valence-electron chi connectivity index (χ2n) is 4.96. The predicted molar refractivity (Wildman–Crippen MR) is 78.9 cm³/mol. The van der Waals surface area contributed by atoms with Gasteiger partial charge in [-0.05, 0) is 24.8 Å². The Balaban J connectivity index is 1.59. The standard InChI is InChI=1S/C14H20N4OS/c1-2-18-11-15-16-14(18)13-10-17(7-8-19-13)6-5-12-4-3-9-20-12/h3-4,9,11,13H,2,5-8,10H2,1H3/t13-/m1/s1. The van der Waals surface area contributed by atoms with Crippen molar-refractivity contribution in [3.05, 3.63) is 34.5 Å². The molecule has 20 heavy (non-hydrogen) atoms. The zero-order chi connectivity index (χ0) is 13.8. The van der Waals surface area contributed by atoms with Crippen LogP contribution in [0, 0.1) is 0 Å². The van der Waals surface area contributed by atoms with Crippen molar-refractivity contribution in [1.82, 2.24) is 19.7 Å². The van der Waals surface area contributed by atoms with Crippen LogP contribution >= 0.6 is 11.3 Å². The van der Waals surface area contributed by atoms with E-state index >= 15 is 0 Å². The fraction of sp³-hybridized carbons (Fsp3) is 0.571. The third-order valence-electron chi connectivity index (χ3n) is 3.68. The Labute approximate surface area is 123 Å². The van der Waals surface area contributed by atoms with Gasteiger partial charge >= 0.3 is 0 Å². The number of aryl methyl sites for hydroxylation is 1. The molecule has 3 rings (SSSR count). The lowest BCUT2D eigenvalue weighted by Crippen LogP contribution is -2.40. The summed E-state index contributed by atoms with van der Waals surface area (Å²) in [6, 6.07) is 4.32. The molecule has 5 nitrogen and oxygen atoms in total. The fourth-order valence-corrected chi connectivity index (χ4v) is 3.24. The van der Waals surface area contributed by atoms with Crippen molar-refractivity contribution in [3.8, 4) is 0 Å². The molecule has 0 amide bonds. The normalized spacial score (nSPS) is 20.4. The van der Waals surface area contributed by atoms with Gasteiger partial charge in [-0.2, -0.15) is 0 Å². The van der Waals surface area contributed by atoms with E-state index in [1.807, 2.05) is 11.3 Å². The average Bonchev–Trinajstić information content (AvgIpc) is 3.16. The molecule has 6 heteroatoms. The number of thiophene rings is 1. The number of hydrogen-bond donors (Lipinski definition) is 0. The van der Waals surface area contributed by atoms with E-state index in [2.05, 4.69) is 44.1 Å². The van der Waals surface area contributed by atoms with Gasteiger partial charge in [0.2, 0.25) is 0 Å². The van der Waals surface area contributed by atoms with Crippen molar-refractivity contribution < 1.29 is 4.74 Å². The van der Waals surface area contributed by atoms with Gasteiger partial charge in [0.1, 0.15) is 12.4 Å². The third kappa shape index (κ3) is 3.08. The van der Waals surface area contributed by atoms with Crippen molar-refractivity contribution in [2.24, 2.45) is 0 Å². The Bertz CT molecular complexity index is 525. The minimum absolute atomic E-state index is 0.0505. The van der Waals surface area contributed by atoms with Gasteiger partial charge in [0.05, 0.1) is 6.61 Å². The molecule has 1 atom stereocenters. The van der Waals surface area contributed by atoms with Crippen LogP contribution in [0.3, 0.4) is 0 Å². The topological polar surface area (TPSA) is 43.2 Å². The molecule has 2 aromatic rings. The van der Waals surface area contributed by atoms with Crippen molar-refractivity contribution in [2.75, 3.05) is 26.2 Å². The second-order valence-corrected chi connectivity index (χ2v) is 6.00. The zero-order valence-corrected chi connectivity index (χ0v) is 12.6. The zero-order valence-electron chi connectivity index (χ0n) is 11.7. The molecule has 1 aliphatic heterocycles. The summed E-state index contributed by atoms with van der Waals surface area (Å²) in [4.78, 5) is 3.91. The van der Waals surface area contributed by atoms with Crippen molar-refractivity contribution in [2.45, 2.75) is 26.0 Å². The molecule has 1 aliphatic rings. The van der Waals surface area contributed by atoms with Crippen LogP contribution in [-0.2, 0) is 17.7 Å². The molecule has 2 aromatic heterocycles. The van der Waals surface area contributed by atoms with E-state index in [0.29, 0.717) is 0 Å². The molecule has 0 aromatic carbocycles. The molecule has 1 fully saturated rings. The first kappa shape index (κ1) is 13.7. The van der Waals surface area contributed by atoms with Gasteiger partial charge in [-0.25, -0.2) is 0 Å². The summed E-state index contributed by atoms with van der Waals surface area (Å²) < 4.78 is 7.93. The summed E-state index contributed by atoms with van der Waals surface area (Å²) in [5, 5.41) is 10.4. The maximum Gasteiger partial charge on any atom is 0.163 e. The molecule has 0 aliphatic carbocycles. The Morgan fingerprint density at radius 1 is 1.50 bits per heavy atom. The smallest absolute Gasteiger partial charge is 0.163 e. The van der Waals surface area contributed by atoms with E-state index in [1.165, 1.54) is 4.88 Å². The summed E-state index contributed by atoms with van der Waals surface area (Å²) in [6.07, 6.45) is 2.95. The molecule has 0 saturated carbocycles. The molecular formula is C14H20N4OS. The molecule has 0 N–H and O–H groups in total. The highest BCUT2D eigenvalue weighted by Gasteiger charge is 2.25. The molecule has 108 valence electrons. The van der Waals surface area contributed by atoms with Gasteiger partial charge in [0.15, 0.2) is 5.82 Å². The van der Waals surface area contributed by atoms with Crippen LogP contribution in [0.2, 0.25) is 0 Å². The summed E-state index contributed by atoms with van der Waals surface area (Å²) in [7, 11) is 0. The number of ether oxygens (including phenoxy) is 1. The summed E-state index contributed by atoms with van der Waals surface area (Å²) in [5.41, 5.74) is 0. The van der Waals surface area contributed by atoms with Gasteiger partial charge in [0.25, 0.3) is 0 Å². The van der Waals surface area contributed by atoms with Crippen LogP contribution in [0.5, 0.6) is 0 Å². The number of rotatable bonds is 5. The van der Waals surface area contributed by atoms with Crippen molar-refractivity contribution in [3.63, 3.8) is 0 Å². The van der Waals surface area contributed by atoms with Crippen LogP contribution in [0.25, 0.3) is 0 Å². The fourth-order valence-electron chi connectivity index (χ4n) is 2.54. The van der Waals surface area contributed by atoms with Crippen molar-refractivity contribution >= 4 is 11.3 Å². The highest BCUT2D eigenvalue weighted by atomic mass is 32.1. The van der Waals surface area contributed by atoms with E-state index in [1.54, 1.807) is 6.33 Å². The quantitative estimate of drug-likeness (QED) is 0.845. The minimum Gasteiger partial charge on any atom is -0.368 e. The number of aromatic nitrogens is 3.